The Kier molecular flexibility index (Phi) is 7.32. The molecule has 0 aliphatic rings. The minimum absolute atomic E-state index is 0.0659. The van der Waals surface area contributed by atoms with Gasteiger partial charge in [0.15, 0.2) is 6.10 Å². The first kappa shape index (κ1) is 21.2. The summed E-state index contributed by atoms with van der Waals surface area (Å²) in [5.41, 5.74) is 2.30. The van der Waals surface area contributed by atoms with Gasteiger partial charge in [0.25, 0.3) is 0 Å². The van der Waals surface area contributed by atoms with Crippen LogP contribution < -0.4 is 10.2 Å². The number of nitrogens with one attached hydrogen (secondary N) is 1. The van der Waals surface area contributed by atoms with Crippen LogP contribution in [-0.2, 0) is 9.53 Å². The third-order valence-corrected chi connectivity index (χ3v) is 4.18. The maximum absolute atomic E-state index is 12.5. The smallest absolute Gasteiger partial charge is 0.338 e. The molecule has 1 unspecified atom stereocenters. The zero-order valence-corrected chi connectivity index (χ0v) is 16.7. The van der Waals surface area contributed by atoms with Crippen LogP contribution in [0.5, 0.6) is 0 Å². The number of ketones is 1. The predicted molar refractivity (Wildman–Crippen MR) is 110 cm³/mol. The van der Waals surface area contributed by atoms with Gasteiger partial charge in [-0.3, -0.25) is 9.59 Å². The monoisotopic (exact) mass is 382 g/mol. The van der Waals surface area contributed by atoms with Crippen LogP contribution in [0.1, 0.15) is 47.4 Å². The van der Waals surface area contributed by atoms with Crippen LogP contribution in [0.3, 0.4) is 0 Å². The lowest BCUT2D eigenvalue weighted by Gasteiger charge is -2.15. The van der Waals surface area contributed by atoms with Crippen molar-refractivity contribution in [2.45, 2.75) is 32.8 Å². The first-order valence-electron chi connectivity index (χ1n) is 9.24. The Bertz CT molecular complexity index is 844. The molecule has 6 nitrogen and oxygen atoms in total. The predicted octanol–water partition coefficient (Wildman–Crippen LogP) is 3.92. The molecule has 2 aromatic carbocycles. The van der Waals surface area contributed by atoms with Gasteiger partial charge in [0.2, 0.25) is 11.7 Å². The number of amides is 1. The number of benzene rings is 2. The molecule has 0 aromatic heterocycles. The third kappa shape index (κ3) is 5.67. The number of nitrogens with zero attached hydrogens (tertiary/aromatic N) is 1. The summed E-state index contributed by atoms with van der Waals surface area (Å²) in [7, 11) is 3.76. The summed E-state index contributed by atoms with van der Waals surface area (Å²) in [5, 5.41) is 2.77. The molecule has 148 valence electrons. The van der Waals surface area contributed by atoms with Crippen molar-refractivity contribution in [3.63, 3.8) is 0 Å². The van der Waals surface area contributed by atoms with Gasteiger partial charge in [0.05, 0.1) is 5.56 Å². The molecule has 2 aromatic rings. The second kappa shape index (κ2) is 9.69. The molecule has 0 spiro atoms. The number of Topliss-reactive ketones (excluding diaryl/α,β-unsaturated/α-hetero) is 1. The second-order valence-electron chi connectivity index (χ2n) is 6.73. The van der Waals surface area contributed by atoms with Crippen LogP contribution in [0.4, 0.5) is 11.4 Å². The number of anilines is 2. The summed E-state index contributed by atoms with van der Waals surface area (Å²) < 4.78 is 5.34. The van der Waals surface area contributed by atoms with Crippen molar-refractivity contribution < 1.29 is 19.1 Å². The van der Waals surface area contributed by atoms with Gasteiger partial charge in [-0.2, -0.15) is 0 Å². The normalized spacial score (nSPS) is 11.4. The fourth-order valence-electron chi connectivity index (χ4n) is 2.60. The van der Waals surface area contributed by atoms with E-state index < -0.39 is 12.1 Å². The number of carbonyl (C=O) groups excluding carboxylic acids is 3. The summed E-state index contributed by atoms with van der Waals surface area (Å²) in [6.45, 7) is 3.48. The van der Waals surface area contributed by atoms with Crippen molar-refractivity contribution in [2.75, 3.05) is 24.3 Å². The topological polar surface area (TPSA) is 75.7 Å². The van der Waals surface area contributed by atoms with E-state index in [1.165, 1.54) is 0 Å². The van der Waals surface area contributed by atoms with Crippen molar-refractivity contribution in [1.82, 2.24) is 0 Å². The van der Waals surface area contributed by atoms with Gasteiger partial charge in [0, 0.05) is 37.5 Å². The van der Waals surface area contributed by atoms with Crippen LogP contribution in [-0.4, -0.2) is 37.9 Å². The lowest BCUT2D eigenvalue weighted by atomic mass is 10.1. The molecular weight excluding hydrogens is 356 g/mol. The first-order valence-corrected chi connectivity index (χ1v) is 9.24. The highest BCUT2D eigenvalue weighted by atomic mass is 16.5. The largest absolute Gasteiger partial charge is 0.451 e. The fraction of sp³-hybridized carbons (Fsp3) is 0.318. The Morgan fingerprint density at radius 3 is 2.32 bits per heavy atom. The fourth-order valence-corrected chi connectivity index (χ4v) is 2.60. The van der Waals surface area contributed by atoms with Crippen molar-refractivity contribution in [2.24, 2.45) is 0 Å². The summed E-state index contributed by atoms with van der Waals surface area (Å²) in [4.78, 5) is 38.4. The Hall–Kier alpha value is -3.15. The SMILES string of the molecule is CCCC(=O)Nc1ccc(C(=O)C(C)OC(=O)c2cccc(N(C)C)c2)cc1. The zero-order chi connectivity index (χ0) is 20.7. The molecule has 2 rings (SSSR count). The molecule has 0 heterocycles. The molecule has 28 heavy (non-hydrogen) atoms. The summed E-state index contributed by atoms with van der Waals surface area (Å²) in [5.74, 6) is -0.916. The van der Waals surface area contributed by atoms with Gasteiger partial charge in [-0.05, 0) is 55.8 Å². The van der Waals surface area contributed by atoms with Gasteiger partial charge in [-0.25, -0.2) is 4.79 Å². The molecule has 0 aliphatic carbocycles. The van der Waals surface area contributed by atoms with E-state index in [4.69, 9.17) is 4.74 Å². The van der Waals surface area contributed by atoms with E-state index in [1.807, 2.05) is 32.0 Å². The van der Waals surface area contributed by atoms with Gasteiger partial charge >= 0.3 is 5.97 Å². The quantitative estimate of drug-likeness (QED) is 0.553. The zero-order valence-electron chi connectivity index (χ0n) is 16.7. The molecule has 1 atom stereocenters. The Balaban J connectivity index is 2.01. The molecule has 6 heteroatoms. The lowest BCUT2D eigenvalue weighted by Crippen LogP contribution is -2.24. The molecule has 0 saturated carbocycles. The highest BCUT2D eigenvalue weighted by Gasteiger charge is 2.20. The summed E-state index contributed by atoms with van der Waals surface area (Å²) in [6.07, 6.45) is 0.293. The first-order chi connectivity index (χ1) is 13.3. The van der Waals surface area contributed by atoms with Gasteiger partial charge in [-0.15, -0.1) is 0 Å². The Morgan fingerprint density at radius 1 is 1.04 bits per heavy atom. The van der Waals surface area contributed by atoms with Gasteiger partial charge in [-0.1, -0.05) is 13.0 Å². The van der Waals surface area contributed by atoms with Crippen LogP contribution in [0.2, 0.25) is 0 Å². The maximum atomic E-state index is 12.5. The standard InChI is InChI=1S/C22H26N2O4/c1-5-7-20(25)23-18-12-10-16(11-13-18)21(26)15(2)28-22(27)17-8-6-9-19(14-17)24(3)4/h6,8-15H,5,7H2,1-4H3,(H,23,25). The molecule has 0 fully saturated rings. The van der Waals surface area contributed by atoms with Gasteiger partial charge < -0.3 is 15.0 Å². The highest BCUT2D eigenvalue weighted by Crippen LogP contribution is 2.17. The van der Waals surface area contributed by atoms with Crippen molar-refractivity contribution >= 4 is 29.0 Å². The molecule has 1 N–H and O–H groups in total. The number of esters is 1. The van der Waals surface area contributed by atoms with Crippen LogP contribution >= 0.6 is 0 Å². The van der Waals surface area contributed by atoms with Crippen molar-refractivity contribution in [1.29, 1.82) is 0 Å². The Morgan fingerprint density at radius 2 is 1.71 bits per heavy atom. The average Bonchev–Trinajstić information content (AvgIpc) is 2.68. The third-order valence-electron chi connectivity index (χ3n) is 4.18. The number of carbonyl (C=O) groups is 3. The minimum Gasteiger partial charge on any atom is -0.451 e. The minimum atomic E-state index is -0.920. The van der Waals surface area contributed by atoms with Crippen LogP contribution in [0.15, 0.2) is 48.5 Å². The van der Waals surface area contributed by atoms with E-state index in [1.54, 1.807) is 49.4 Å². The number of ether oxygens (including phenoxy) is 1. The van der Waals surface area contributed by atoms with Crippen molar-refractivity contribution in [3.05, 3.63) is 59.7 Å². The molecule has 0 saturated heterocycles. The Labute approximate surface area is 165 Å². The molecular formula is C22H26N2O4. The summed E-state index contributed by atoms with van der Waals surface area (Å²) >= 11 is 0. The van der Waals surface area contributed by atoms with E-state index in [9.17, 15) is 14.4 Å². The number of hydrogen-bond acceptors (Lipinski definition) is 5. The molecule has 0 radical (unpaired) electrons. The van der Waals surface area contributed by atoms with E-state index in [2.05, 4.69) is 5.32 Å². The highest BCUT2D eigenvalue weighted by molar-refractivity contribution is 6.02. The van der Waals surface area contributed by atoms with E-state index in [-0.39, 0.29) is 11.7 Å². The molecule has 0 aliphatic heterocycles. The van der Waals surface area contributed by atoms with Crippen molar-refractivity contribution in [3.8, 4) is 0 Å². The lowest BCUT2D eigenvalue weighted by molar-refractivity contribution is -0.116. The second-order valence-corrected chi connectivity index (χ2v) is 6.73. The number of rotatable bonds is 8. The molecule has 0 bridgehead atoms. The van der Waals surface area contributed by atoms with Crippen LogP contribution in [0.25, 0.3) is 0 Å². The van der Waals surface area contributed by atoms with Gasteiger partial charge in [0.1, 0.15) is 0 Å². The van der Waals surface area contributed by atoms with E-state index in [0.717, 1.165) is 12.1 Å². The van der Waals surface area contributed by atoms with Crippen LogP contribution in [0, 0.1) is 0 Å². The summed E-state index contributed by atoms with van der Waals surface area (Å²) in [6, 6.07) is 13.6. The number of hydrogen-bond donors (Lipinski definition) is 1. The van der Waals surface area contributed by atoms with E-state index >= 15 is 0 Å². The maximum Gasteiger partial charge on any atom is 0.338 e. The molecule has 1 amide bonds. The van der Waals surface area contributed by atoms with E-state index in [0.29, 0.717) is 23.2 Å². The average molecular weight is 382 g/mol.